The third-order valence-corrected chi connectivity index (χ3v) is 5.10. The van der Waals surface area contributed by atoms with E-state index in [0.717, 1.165) is 29.5 Å². The minimum absolute atomic E-state index is 0.0645. The Balaban J connectivity index is 1.37. The highest BCUT2D eigenvalue weighted by molar-refractivity contribution is 5.83. The smallest absolute Gasteiger partial charge is 0.408 e. The molecule has 9 nitrogen and oxygen atoms in total. The van der Waals surface area contributed by atoms with Crippen LogP contribution in [0.4, 0.5) is 4.79 Å². The monoisotopic (exact) mass is 464 g/mol. The highest BCUT2D eigenvalue weighted by Crippen LogP contribution is 2.11. The van der Waals surface area contributed by atoms with Gasteiger partial charge in [-0.2, -0.15) is 0 Å². The molecular formula is C25H28N4O5. The average Bonchev–Trinajstić information content (AvgIpc) is 2.87. The number of pyridine rings is 2. The fraction of sp³-hybridized carbons (Fsp3) is 0.320. The van der Waals surface area contributed by atoms with Gasteiger partial charge in [0.2, 0.25) is 5.91 Å². The maximum absolute atomic E-state index is 12.2. The molecule has 3 aromatic rings. The Morgan fingerprint density at radius 2 is 1.82 bits per heavy atom. The molecule has 0 aliphatic carbocycles. The fourth-order valence-corrected chi connectivity index (χ4v) is 3.27. The molecule has 0 saturated heterocycles. The lowest BCUT2D eigenvalue weighted by molar-refractivity contribution is -0.143. The maximum atomic E-state index is 12.2. The number of methoxy groups -OCH3 is 1. The molecule has 1 atom stereocenters. The number of carbonyl (C=O) groups is 3. The van der Waals surface area contributed by atoms with Crippen LogP contribution in [0.2, 0.25) is 0 Å². The normalized spacial score (nSPS) is 11.4. The number of alkyl carbamates (subject to hydrolysis) is 1. The number of aryl methyl sites for hydroxylation is 1. The van der Waals surface area contributed by atoms with Crippen molar-refractivity contribution in [3.63, 3.8) is 0 Å². The Morgan fingerprint density at radius 3 is 2.62 bits per heavy atom. The van der Waals surface area contributed by atoms with Crippen molar-refractivity contribution in [3.8, 4) is 0 Å². The zero-order valence-electron chi connectivity index (χ0n) is 19.0. The molecule has 0 aliphatic rings. The number of esters is 1. The lowest BCUT2D eigenvalue weighted by Gasteiger charge is -2.17. The average molecular weight is 465 g/mol. The number of benzene rings is 1. The topological polar surface area (TPSA) is 120 Å². The van der Waals surface area contributed by atoms with Crippen LogP contribution < -0.4 is 10.6 Å². The van der Waals surface area contributed by atoms with Crippen LogP contribution in [0.15, 0.2) is 60.8 Å². The number of nitrogens with zero attached hydrogens (tertiary/aromatic N) is 2. The second-order valence-corrected chi connectivity index (χ2v) is 7.65. The lowest BCUT2D eigenvalue weighted by Crippen LogP contribution is -2.49. The van der Waals surface area contributed by atoms with Gasteiger partial charge in [0.1, 0.15) is 12.6 Å². The summed E-state index contributed by atoms with van der Waals surface area (Å²) in [5, 5.41) is 6.09. The van der Waals surface area contributed by atoms with Crippen LogP contribution >= 0.6 is 0 Å². The summed E-state index contributed by atoms with van der Waals surface area (Å²) in [4.78, 5) is 45.0. The molecule has 34 heavy (non-hydrogen) atoms. The van der Waals surface area contributed by atoms with Crippen molar-refractivity contribution in [3.05, 3.63) is 72.1 Å². The van der Waals surface area contributed by atoms with Gasteiger partial charge in [0.15, 0.2) is 5.65 Å². The largest absolute Gasteiger partial charge is 0.467 e. The molecular weight excluding hydrogens is 436 g/mol. The van der Waals surface area contributed by atoms with Crippen LogP contribution in [-0.4, -0.2) is 47.6 Å². The van der Waals surface area contributed by atoms with E-state index in [1.807, 2.05) is 54.6 Å². The van der Waals surface area contributed by atoms with Gasteiger partial charge in [-0.05, 0) is 49.1 Å². The third-order valence-electron chi connectivity index (χ3n) is 5.10. The SMILES string of the molecule is COC(=O)[C@H](CNC(=O)CCCCc1ccc2cccnc2n1)NC(=O)OCc1ccccc1. The first kappa shape index (κ1) is 24.6. The molecule has 3 rings (SSSR count). The van der Waals surface area contributed by atoms with Crippen molar-refractivity contribution in [1.82, 2.24) is 20.6 Å². The van der Waals surface area contributed by atoms with Crippen LogP contribution in [0.3, 0.4) is 0 Å². The van der Waals surface area contributed by atoms with Gasteiger partial charge in [0, 0.05) is 30.2 Å². The Kier molecular flexibility index (Phi) is 9.33. The van der Waals surface area contributed by atoms with E-state index in [-0.39, 0.29) is 25.5 Å². The van der Waals surface area contributed by atoms with Crippen molar-refractivity contribution in [2.45, 2.75) is 38.3 Å². The van der Waals surface area contributed by atoms with Gasteiger partial charge in [-0.1, -0.05) is 30.3 Å². The van der Waals surface area contributed by atoms with E-state index in [2.05, 4.69) is 20.6 Å². The minimum Gasteiger partial charge on any atom is -0.467 e. The summed E-state index contributed by atoms with van der Waals surface area (Å²) in [5.41, 5.74) is 2.45. The first-order valence-electron chi connectivity index (χ1n) is 11.1. The van der Waals surface area contributed by atoms with Crippen molar-refractivity contribution in [2.24, 2.45) is 0 Å². The summed E-state index contributed by atoms with van der Waals surface area (Å²) in [5.74, 6) is -0.894. The minimum atomic E-state index is -1.05. The molecule has 0 aliphatic heterocycles. The fourth-order valence-electron chi connectivity index (χ4n) is 3.27. The molecule has 178 valence electrons. The summed E-state index contributed by atoms with van der Waals surface area (Å²) >= 11 is 0. The summed E-state index contributed by atoms with van der Waals surface area (Å²) in [7, 11) is 1.21. The molecule has 1 aromatic carbocycles. The zero-order chi connectivity index (χ0) is 24.2. The highest BCUT2D eigenvalue weighted by Gasteiger charge is 2.23. The number of ether oxygens (including phenoxy) is 2. The van der Waals surface area contributed by atoms with Crippen LogP contribution in [0.1, 0.15) is 30.5 Å². The number of unbranched alkanes of at least 4 members (excludes halogenated alkanes) is 1. The number of amides is 2. The summed E-state index contributed by atoms with van der Waals surface area (Å²) in [6.45, 7) is -0.0289. The molecule has 2 aromatic heterocycles. The molecule has 0 fully saturated rings. The summed E-state index contributed by atoms with van der Waals surface area (Å²) in [6.07, 6.45) is 3.40. The summed E-state index contributed by atoms with van der Waals surface area (Å²) in [6, 6.07) is 15.9. The Labute approximate surface area is 197 Å². The van der Waals surface area contributed by atoms with Crippen molar-refractivity contribution >= 4 is 29.0 Å². The first-order valence-corrected chi connectivity index (χ1v) is 11.1. The van der Waals surface area contributed by atoms with Crippen molar-refractivity contribution in [1.29, 1.82) is 0 Å². The number of aromatic nitrogens is 2. The Bertz CT molecular complexity index is 1110. The van der Waals surface area contributed by atoms with E-state index in [0.29, 0.717) is 12.1 Å². The predicted molar refractivity (Wildman–Crippen MR) is 126 cm³/mol. The van der Waals surface area contributed by atoms with E-state index in [1.165, 1.54) is 7.11 Å². The van der Waals surface area contributed by atoms with Crippen LogP contribution in [0, 0.1) is 0 Å². The van der Waals surface area contributed by atoms with Gasteiger partial charge < -0.3 is 20.1 Å². The van der Waals surface area contributed by atoms with Gasteiger partial charge in [0.05, 0.1) is 7.11 Å². The number of rotatable bonds is 11. The molecule has 0 radical (unpaired) electrons. The second kappa shape index (κ2) is 12.9. The quantitative estimate of drug-likeness (QED) is 0.331. The molecule has 2 heterocycles. The van der Waals surface area contributed by atoms with Gasteiger partial charge >= 0.3 is 12.1 Å². The molecule has 0 spiro atoms. The first-order chi connectivity index (χ1) is 16.5. The van der Waals surface area contributed by atoms with Crippen LogP contribution in [-0.2, 0) is 32.1 Å². The van der Waals surface area contributed by atoms with Crippen LogP contribution in [0.25, 0.3) is 11.0 Å². The predicted octanol–water partition coefficient (Wildman–Crippen LogP) is 2.93. The number of hydrogen-bond acceptors (Lipinski definition) is 7. The third kappa shape index (κ3) is 7.84. The van der Waals surface area contributed by atoms with E-state index in [4.69, 9.17) is 9.47 Å². The van der Waals surface area contributed by atoms with Crippen LogP contribution in [0.5, 0.6) is 0 Å². The number of carbonyl (C=O) groups excluding carboxylic acids is 3. The molecule has 0 unspecified atom stereocenters. The molecule has 2 amide bonds. The second-order valence-electron chi connectivity index (χ2n) is 7.65. The Hall–Kier alpha value is -4.01. The zero-order valence-corrected chi connectivity index (χ0v) is 19.0. The molecule has 2 N–H and O–H groups in total. The van der Waals surface area contributed by atoms with Gasteiger partial charge in [-0.25, -0.2) is 19.6 Å². The van der Waals surface area contributed by atoms with Gasteiger partial charge in [0.25, 0.3) is 0 Å². The van der Waals surface area contributed by atoms with E-state index < -0.39 is 18.1 Å². The Morgan fingerprint density at radius 1 is 1.00 bits per heavy atom. The summed E-state index contributed by atoms with van der Waals surface area (Å²) < 4.78 is 9.84. The molecule has 0 bridgehead atoms. The number of hydrogen-bond donors (Lipinski definition) is 2. The number of nitrogens with one attached hydrogen (secondary N) is 2. The van der Waals surface area contributed by atoms with E-state index >= 15 is 0 Å². The van der Waals surface area contributed by atoms with Crippen molar-refractivity contribution < 1.29 is 23.9 Å². The molecule has 0 saturated carbocycles. The standard InChI is InChI=1S/C25H28N4O5/c1-33-24(31)21(29-25(32)34-17-18-8-3-2-4-9-18)16-27-22(30)12-6-5-11-20-14-13-19-10-7-15-26-23(19)28-20/h2-4,7-10,13-15,21H,5-6,11-12,16-17H2,1H3,(H,27,30)(H,29,32)/t21-/m0/s1. The van der Waals surface area contributed by atoms with E-state index in [1.54, 1.807) is 6.20 Å². The lowest BCUT2D eigenvalue weighted by atomic mass is 10.1. The van der Waals surface area contributed by atoms with Crippen molar-refractivity contribution in [2.75, 3.05) is 13.7 Å². The van der Waals surface area contributed by atoms with E-state index in [9.17, 15) is 14.4 Å². The highest BCUT2D eigenvalue weighted by atomic mass is 16.6. The maximum Gasteiger partial charge on any atom is 0.408 e. The van der Waals surface area contributed by atoms with Gasteiger partial charge in [-0.3, -0.25) is 4.79 Å². The molecule has 9 heteroatoms. The number of fused-ring (bicyclic) bond motifs is 1. The van der Waals surface area contributed by atoms with Gasteiger partial charge in [-0.15, -0.1) is 0 Å².